The van der Waals surface area contributed by atoms with Gasteiger partial charge in [-0.15, -0.1) is 0 Å². The molecule has 0 bridgehead atoms. The quantitative estimate of drug-likeness (QED) is 0.245. The molecular weight excluding hydrogens is 572 g/mol. The smallest absolute Gasteiger partial charge is 0.336 e. The third-order valence-corrected chi connectivity index (χ3v) is 7.48. The van der Waals surface area contributed by atoms with Crippen LogP contribution in [0.1, 0.15) is 64.5 Å². The first-order valence-electron chi connectivity index (χ1n) is 14.5. The van der Waals surface area contributed by atoms with Gasteiger partial charge in [0.2, 0.25) is 5.95 Å². The zero-order valence-electron chi connectivity index (χ0n) is 25.8. The first-order valence-corrected chi connectivity index (χ1v) is 14.5. The summed E-state index contributed by atoms with van der Waals surface area (Å²) in [4.78, 5) is 48.8. The maximum atomic E-state index is 10.3. The van der Waals surface area contributed by atoms with Crippen molar-refractivity contribution in [3.8, 4) is 0 Å². The molecule has 2 aromatic rings. The van der Waals surface area contributed by atoms with Crippen molar-refractivity contribution in [2.75, 3.05) is 31.2 Å². The fraction of sp³-hybridized carbons (Fsp3) is 0.600. The van der Waals surface area contributed by atoms with E-state index in [0.29, 0.717) is 6.04 Å². The SMILES string of the molecule is CC1(C)CC(N(Cc2ccncc2)Cc2cnc(N3CCOCC3)nc2)CC(C)(C)N1.O=C(O)CC(O)(CC(=O)O)C(=O)O. The summed E-state index contributed by atoms with van der Waals surface area (Å²) >= 11 is 0. The van der Waals surface area contributed by atoms with Crippen molar-refractivity contribution in [2.45, 2.75) is 89.2 Å². The Hall–Kier alpha value is -3.72. The van der Waals surface area contributed by atoms with Crippen LogP contribution in [0.2, 0.25) is 0 Å². The summed E-state index contributed by atoms with van der Waals surface area (Å²) < 4.78 is 5.44. The second-order valence-electron chi connectivity index (χ2n) is 12.7. The number of aliphatic hydroxyl groups is 1. The maximum absolute atomic E-state index is 10.3. The molecule has 242 valence electrons. The molecule has 2 fully saturated rings. The number of piperidine rings is 1. The molecule has 2 aliphatic heterocycles. The zero-order chi connectivity index (χ0) is 32.5. The van der Waals surface area contributed by atoms with Gasteiger partial charge in [-0.1, -0.05) is 0 Å². The van der Waals surface area contributed by atoms with Crippen molar-refractivity contribution in [1.29, 1.82) is 0 Å². The Labute approximate surface area is 257 Å². The molecule has 0 radical (unpaired) electrons. The molecular formula is C30H44N6O8. The van der Waals surface area contributed by atoms with Crippen molar-refractivity contribution in [1.82, 2.24) is 25.2 Å². The summed E-state index contributed by atoms with van der Waals surface area (Å²) in [6.45, 7) is 14.2. The number of aromatic nitrogens is 3. The van der Waals surface area contributed by atoms with E-state index in [2.05, 4.69) is 69.9 Å². The molecule has 0 aliphatic carbocycles. The van der Waals surface area contributed by atoms with E-state index in [0.717, 1.165) is 63.7 Å². The van der Waals surface area contributed by atoms with E-state index in [1.807, 2.05) is 24.8 Å². The molecule has 0 amide bonds. The first-order chi connectivity index (χ1) is 20.6. The summed E-state index contributed by atoms with van der Waals surface area (Å²) in [5.74, 6) is -4.22. The van der Waals surface area contributed by atoms with Gasteiger partial charge in [0.05, 0.1) is 26.1 Å². The number of rotatable bonds is 11. The van der Waals surface area contributed by atoms with Crippen molar-refractivity contribution in [3.05, 3.63) is 48.0 Å². The van der Waals surface area contributed by atoms with Crippen LogP contribution in [0.5, 0.6) is 0 Å². The lowest BCUT2D eigenvalue weighted by Gasteiger charge is -2.49. The van der Waals surface area contributed by atoms with Crippen LogP contribution in [0.15, 0.2) is 36.9 Å². The molecule has 5 N–H and O–H groups in total. The van der Waals surface area contributed by atoms with E-state index in [1.165, 1.54) is 5.56 Å². The van der Waals surface area contributed by atoms with Crippen molar-refractivity contribution in [3.63, 3.8) is 0 Å². The number of carboxylic acids is 3. The molecule has 4 rings (SSSR count). The van der Waals surface area contributed by atoms with E-state index in [4.69, 9.17) is 25.2 Å². The lowest BCUT2D eigenvalue weighted by Crippen LogP contribution is -2.62. The summed E-state index contributed by atoms with van der Waals surface area (Å²) in [7, 11) is 0. The number of pyridine rings is 1. The molecule has 0 unspecified atom stereocenters. The maximum Gasteiger partial charge on any atom is 0.336 e. The Balaban J connectivity index is 0.000000345. The van der Waals surface area contributed by atoms with E-state index < -0.39 is 36.4 Å². The summed E-state index contributed by atoms with van der Waals surface area (Å²) in [5.41, 5.74) is -0.105. The lowest BCUT2D eigenvalue weighted by atomic mass is 9.79. The number of nitrogens with one attached hydrogen (secondary N) is 1. The van der Waals surface area contributed by atoms with E-state index >= 15 is 0 Å². The van der Waals surface area contributed by atoms with Gasteiger partial charge in [-0.05, 0) is 58.2 Å². The number of ether oxygens (including phenoxy) is 1. The predicted molar refractivity (Wildman–Crippen MR) is 160 cm³/mol. The van der Waals surface area contributed by atoms with Gasteiger partial charge in [-0.3, -0.25) is 19.5 Å². The molecule has 2 aliphatic rings. The average molecular weight is 617 g/mol. The minimum Gasteiger partial charge on any atom is -0.481 e. The highest BCUT2D eigenvalue weighted by Gasteiger charge is 2.41. The zero-order valence-corrected chi connectivity index (χ0v) is 25.8. The highest BCUT2D eigenvalue weighted by atomic mass is 16.5. The van der Waals surface area contributed by atoms with Crippen LogP contribution in [-0.4, -0.2) is 107 Å². The Morgan fingerprint density at radius 3 is 1.91 bits per heavy atom. The minimum atomic E-state index is -2.74. The van der Waals surface area contributed by atoms with E-state index in [9.17, 15) is 14.4 Å². The number of morpholine rings is 1. The molecule has 14 nitrogen and oxygen atoms in total. The standard InChI is InChI=1S/C24H36N6O.C6H8O7/c1-23(2)13-21(14-24(3,4)28-23)30(17-19-5-7-25-8-6-19)18-20-15-26-22(27-16-20)29-9-11-31-12-10-29;7-3(8)1-6(13,5(11)12)2-4(9)10/h5-8,15-16,21,28H,9-14,17-18H2,1-4H3;13H,1-2H2,(H,7,8)(H,9,10)(H,11,12). The van der Waals surface area contributed by atoms with Crippen molar-refractivity contribution >= 4 is 23.9 Å². The van der Waals surface area contributed by atoms with Gasteiger partial charge in [0.15, 0.2) is 5.60 Å². The largest absolute Gasteiger partial charge is 0.481 e. The number of anilines is 1. The Morgan fingerprint density at radius 1 is 0.932 bits per heavy atom. The van der Waals surface area contributed by atoms with E-state index in [-0.39, 0.29) is 11.1 Å². The highest BCUT2D eigenvalue weighted by Crippen LogP contribution is 2.33. The molecule has 44 heavy (non-hydrogen) atoms. The van der Waals surface area contributed by atoms with Crippen LogP contribution in [-0.2, 0) is 32.2 Å². The third-order valence-electron chi connectivity index (χ3n) is 7.48. The molecule has 14 heteroatoms. The van der Waals surface area contributed by atoms with Crippen LogP contribution < -0.4 is 10.2 Å². The summed E-state index contributed by atoms with van der Waals surface area (Å²) in [5, 5.41) is 37.6. The predicted octanol–water partition coefficient (Wildman–Crippen LogP) is 1.77. The summed E-state index contributed by atoms with van der Waals surface area (Å²) in [6.07, 6.45) is 7.67. The first kappa shape index (κ1) is 34.8. The van der Waals surface area contributed by atoms with Crippen LogP contribution in [0.4, 0.5) is 5.95 Å². The molecule has 0 atom stereocenters. The lowest BCUT2D eigenvalue weighted by molar-refractivity contribution is -0.170. The second-order valence-corrected chi connectivity index (χ2v) is 12.7. The number of aliphatic carboxylic acids is 3. The molecule has 0 saturated carbocycles. The number of hydrogen-bond acceptors (Lipinski definition) is 11. The molecule has 0 aromatic carbocycles. The van der Waals surface area contributed by atoms with Crippen LogP contribution in [0, 0.1) is 0 Å². The van der Waals surface area contributed by atoms with E-state index in [1.54, 1.807) is 0 Å². The molecule has 0 spiro atoms. The average Bonchev–Trinajstić information content (AvgIpc) is 2.92. The Kier molecular flexibility index (Phi) is 11.7. The number of nitrogens with zero attached hydrogens (tertiary/aromatic N) is 5. The number of carbonyl (C=O) groups is 3. The van der Waals surface area contributed by atoms with Crippen molar-refractivity contribution < 1.29 is 39.5 Å². The van der Waals surface area contributed by atoms with Gasteiger partial charge in [0, 0.05) is 73.6 Å². The van der Waals surface area contributed by atoms with Gasteiger partial charge >= 0.3 is 17.9 Å². The Bertz CT molecular complexity index is 1220. The fourth-order valence-electron chi connectivity index (χ4n) is 5.87. The van der Waals surface area contributed by atoms with Crippen molar-refractivity contribution in [2.24, 2.45) is 0 Å². The van der Waals surface area contributed by atoms with Gasteiger partial charge in [-0.2, -0.15) is 0 Å². The van der Waals surface area contributed by atoms with Crippen LogP contribution in [0.25, 0.3) is 0 Å². The van der Waals surface area contributed by atoms with Crippen LogP contribution in [0.3, 0.4) is 0 Å². The van der Waals surface area contributed by atoms with Gasteiger partial charge < -0.3 is 35.4 Å². The number of hydrogen-bond donors (Lipinski definition) is 5. The third kappa shape index (κ3) is 10.8. The minimum absolute atomic E-state index is 0.0968. The topological polar surface area (TPSA) is 199 Å². The molecule has 2 saturated heterocycles. The second kappa shape index (κ2) is 14.8. The normalized spacial score (nSPS) is 18.3. The number of carboxylic acid groups (broad SMARTS) is 3. The van der Waals surface area contributed by atoms with Gasteiger partial charge in [0.1, 0.15) is 0 Å². The summed E-state index contributed by atoms with van der Waals surface area (Å²) in [6, 6.07) is 4.70. The monoisotopic (exact) mass is 616 g/mol. The molecule has 2 aromatic heterocycles. The Morgan fingerprint density at radius 2 is 1.43 bits per heavy atom. The van der Waals surface area contributed by atoms with Gasteiger partial charge in [-0.25, -0.2) is 14.8 Å². The molecule has 4 heterocycles. The van der Waals surface area contributed by atoms with Crippen LogP contribution >= 0.6 is 0 Å². The van der Waals surface area contributed by atoms with Gasteiger partial charge in [0.25, 0.3) is 0 Å². The fourth-order valence-corrected chi connectivity index (χ4v) is 5.87. The highest BCUT2D eigenvalue weighted by molar-refractivity contribution is 5.88.